The smallest absolute Gasteiger partial charge is 0.290 e. The van der Waals surface area contributed by atoms with E-state index < -0.39 is 0 Å². The molecule has 144 valence electrons. The van der Waals surface area contributed by atoms with Crippen LogP contribution in [0, 0.1) is 12.8 Å². The minimum atomic E-state index is 0.0773. The Kier molecular flexibility index (Phi) is 5.28. The van der Waals surface area contributed by atoms with Gasteiger partial charge in [0.25, 0.3) is 5.56 Å². The number of anilines is 1. The lowest BCUT2D eigenvalue weighted by molar-refractivity contribution is 0.312. The van der Waals surface area contributed by atoms with Crippen molar-refractivity contribution in [3.05, 3.63) is 40.2 Å². The molecule has 27 heavy (non-hydrogen) atoms. The van der Waals surface area contributed by atoms with Crippen molar-refractivity contribution in [1.29, 1.82) is 0 Å². The van der Waals surface area contributed by atoms with E-state index in [9.17, 15) is 4.79 Å². The summed E-state index contributed by atoms with van der Waals surface area (Å²) in [6.07, 6.45) is 4.51. The number of hydrogen-bond acceptors (Lipinski definition) is 5. The Morgan fingerprint density at radius 1 is 1.11 bits per heavy atom. The van der Waals surface area contributed by atoms with Crippen LogP contribution in [0.2, 0.25) is 0 Å². The molecule has 0 N–H and O–H groups in total. The van der Waals surface area contributed by atoms with Crippen LogP contribution in [0.15, 0.2) is 34.0 Å². The second-order valence-electron chi connectivity index (χ2n) is 7.77. The Morgan fingerprint density at radius 2 is 1.78 bits per heavy atom. The third-order valence-electron chi connectivity index (χ3n) is 5.68. The minimum absolute atomic E-state index is 0.0773. The van der Waals surface area contributed by atoms with Crippen LogP contribution in [-0.4, -0.2) is 54.2 Å². The van der Waals surface area contributed by atoms with E-state index in [0.29, 0.717) is 5.92 Å². The van der Waals surface area contributed by atoms with Crippen LogP contribution in [-0.2, 0) is 6.54 Å². The second kappa shape index (κ2) is 7.68. The van der Waals surface area contributed by atoms with Crippen LogP contribution in [0.4, 0.5) is 5.69 Å². The molecule has 2 heterocycles. The Hall–Kier alpha value is -1.79. The topological polar surface area (TPSA) is 41.4 Å². The summed E-state index contributed by atoms with van der Waals surface area (Å²) in [5.74, 6) is 0.616. The standard InChI is InChI=1S/C21H28N4OS/c1-15-19(17-6-8-18(27-3)9-7-17)22-25(14-16-4-5-16)21(26)20(15)24-12-10-23(2)11-13-24/h6-9,16H,4-5,10-14H2,1-3H3. The van der Waals surface area contributed by atoms with Gasteiger partial charge in [-0.05, 0) is 51.1 Å². The molecule has 1 aliphatic carbocycles. The summed E-state index contributed by atoms with van der Waals surface area (Å²) in [6.45, 7) is 6.57. The molecule has 0 atom stereocenters. The molecule has 4 rings (SSSR count). The number of benzene rings is 1. The highest BCUT2D eigenvalue weighted by atomic mass is 32.2. The maximum Gasteiger partial charge on any atom is 0.290 e. The summed E-state index contributed by atoms with van der Waals surface area (Å²) in [5.41, 5.74) is 3.96. The zero-order chi connectivity index (χ0) is 19.0. The Labute approximate surface area is 165 Å². The van der Waals surface area contributed by atoms with Gasteiger partial charge in [0.15, 0.2) is 0 Å². The third-order valence-corrected chi connectivity index (χ3v) is 6.42. The van der Waals surface area contributed by atoms with Gasteiger partial charge in [0.05, 0.1) is 5.69 Å². The fraction of sp³-hybridized carbons (Fsp3) is 0.524. The van der Waals surface area contributed by atoms with Crippen molar-refractivity contribution < 1.29 is 0 Å². The Bertz CT molecular complexity index is 865. The summed E-state index contributed by atoms with van der Waals surface area (Å²) in [5, 5.41) is 4.81. The molecule has 1 aromatic heterocycles. The van der Waals surface area contributed by atoms with Gasteiger partial charge in [-0.2, -0.15) is 5.10 Å². The largest absolute Gasteiger partial charge is 0.364 e. The first-order valence-corrected chi connectivity index (χ1v) is 11.0. The maximum atomic E-state index is 13.3. The van der Waals surface area contributed by atoms with Crippen molar-refractivity contribution in [2.75, 3.05) is 44.4 Å². The van der Waals surface area contributed by atoms with Gasteiger partial charge >= 0.3 is 0 Å². The lowest BCUT2D eigenvalue weighted by Gasteiger charge is -2.34. The van der Waals surface area contributed by atoms with E-state index in [1.807, 2.05) is 0 Å². The van der Waals surface area contributed by atoms with E-state index in [2.05, 4.69) is 54.3 Å². The van der Waals surface area contributed by atoms with Crippen molar-refractivity contribution in [1.82, 2.24) is 14.7 Å². The Balaban J connectivity index is 1.79. The van der Waals surface area contributed by atoms with Gasteiger partial charge in [-0.25, -0.2) is 4.68 Å². The van der Waals surface area contributed by atoms with Crippen LogP contribution in [0.5, 0.6) is 0 Å². The van der Waals surface area contributed by atoms with E-state index in [4.69, 9.17) is 5.10 Å². The summed E-state index contributed by atoms with van der Waals surface area (Å²) >= 11 is 1.74. The number of thioether (sulfide) groups is 1. The van der Waals surface area contributed by atoms with Crippen molar-refractivity contribution in [3.8, 4) is 11.3 Å². The SMILES string of the molecule is CSc1ccc(-c2nn(CC3CC3)c(=O)c(N3CCN(C)CC3)c2C)cc1. The summed E-state index contributed by atoms with van der Waals surface area (Å²) in [6, 6.07) is 8.52. The van der Waals surface area contributed by atoms with E-state index in [1.54, 1.807) is 16.4 Å². The number of aromatic nitrogens is 2. The Morgan fingerprint density at radius 3 is 2.37 bits per heavy atom. The first-order valence-electron chi connectivity index (χ1n) is 9.76. The van der Waals surface area contributed by atoms with Gasteiger partial charge in [-0.15, -0.1) is 11.8 Å². The van der Waals surface area contributed by atoms with Gasteiger partial charge in [0, 0.05) is 48.7 Å². The van der Waals surface area contributed by atoms with E-state index in [1.165, 1.54) is 17.7 Å². The van der Waals surface area contributed by atoms with Crippen LogP contribution in [0.25, 0.3) is 11.3 Å². The van der Waals surface area contributed by atoms with E-state index in [0.717, 1.165) is 55.2 Å². The van der Waals surface area contributed by atoms with E-state index >= 15 is 0 Å². The predicted molar refractivity (Wildman–Crippen MR) is 113 cm³/mol. The average Bonchev–Trinajstić information content (AvgIpc) is 3.50. The monoisotopic (exact) mass is 384 g/mol. The molecule has 1 aliphatic heterocycles. The molecular weight excluding hydrogens is 356 g/mol. The quantitative estimate of drug-likeness (QED) is 0.741. The maximum absolute atomic E-state index is 13.3. The fourth-order valence-corrected chi connectivity index (χ4v) is 4.14. The molecule has 2 aliphatic rings. The highest BCUT2D eigenvalue weighted by Gasteiger charge is 2.27. The minimum Gasteiger partial charge on any atom is -0.364 e. The molecule has 0 spiro atoms. The molecule has 0 amide bonds. The summed E-state index contributed by atoms with van der Waals surface area (Å²) in [7, 11) is 2.14. The van der Waals surface area contributed by atoms with Gasteiger partial charge in [-0.1, -0.05) is 12.1 Å². The molecule has 0 bridgehead atoms. The van der Waals surface area contributed by atoms with Gasteiger partial charge in [0.2, 0.25) is 0 Å². The highest BCUT2D eigenvalue weighted by Crippen LogP contribution is 2.32. The zero-order valence-corrected chi connectivity index (χ0v) is 17.3. The van der Waals surface area contributed by atoms with Gasteiger partial charge in [-0.3, -0.25) is 4.79 Å². The van der Waals surface area contributed by atoms with Gasteiger partial charge in [0.1, 0.15) is 5.69 Å². The fourth-order valence-electron chi connectivity index (χ4n) is 3.73. The number of likely N-dealkylation sites (N-methyl/N-ethyl adjacent to an activating group) is 1. The molecule has 2 aromatic rings. The van der Waals surface area contributed by atoms with Crippen molar-refractivity contribution >= 4 is 17.4 Å². The normalized spacial score (nSPS) is 18.1. The summed E-state index contributed by atoms with van der Waals surface area (Å²) < 4.78 is 1.73. The molecule has 1 saturated carbocycles. The third kappa shape index (κ3) is 3.92. The van der Waals surface area contributed by atoms with Crippen LogP contribution in [0.3, 0.4) is 0 Å². The molecular formula is C21H28N4OS. The number of rotatable bonds is 5. The lowest BCUT2D eigenvalue weighted by atomic mass is 10.1. The van der Waals surface area contributed by atoms with Crippen molar-refractivity contribution in [2.24, 2.45) is 5.92 Å². The molecule has 1 saturated heterocycles. The predicted octanol–water partition coefficient (Wildman–Crippen LogP) is 3.10. The van der Waals surface area contributed by atoms with E-state index in [-0.39, 0.29) is 5.56 Å². The highest BCUT2D eigenvalue weighted by molar-refractivity contribution is 7.98. The van der Waals surface area contributed by atoms with Crippen LogP contribution >= 0.6 is 11.8 Å². The molecule has 0 unspecified atom stereocenters. The number of nitrogens with zero attached hydrogens (tertiary/aromatic N) is 4. The number of hydrogen-bond donors (Lipinski definition) is 0. The zero-order valence-electron chi connectivity index (χ0n) is 16.4. The second-order valence-corrected chi connectivity index (χ2v) is 8.65. The first-order chi connectivity index (χ1) is 13.1. The first kappa shape index (κ1) is 18.6. The summed E-state index contributed by atoms with van der Waals surface area (Å²) in [4.78, 5) is 19.1. The van der Waals surface area contributed by atoms with Crippen molar-refractivity contribution in [3.63, 3.8) is 0 Å². The van der Waals surface area contributed by atoms with Crippen LogP contribution < -0.4 is 10.5 Å². The lowest BCUT2D eigenvalue weighted by Crippen LogP contribution is -2.47. The molecule has 1 aromatic carbocycles. The molecule has 2 fully saturated rings. The molecule has 5 nitrogen and oxygen atoms in total. The molecule has 6 heteroatoms. The molecule has 0 radical (unpaired) electrons. The average molecular weight is 385 g/mol. The van der Waals surface area contributed by atoms with Crippen LogP contribution in [0.1, 0.15) is 18.4 Å². The number of piperazine rings is 1. The van der Waals surface area contributed by atoms with Crippen molar-refractivity contribution in [2.45, 2.75) is 31.2 Å². The van der Waals surface area contributed by atoms with Gasteiger partial charge < -0.3 is 9.80 Å².